The van der Waals surface area contributed by atoms with Crippen molar-refractivity contribution in [1.29, 1.82) is 0 Å². The second-order valence-corrected chi connectivity index (χ2v) is 12.5. The van der Waals surface area contributed by atoms with Gasteiger partial charge in [0.1, 0.15) is 5.82 Å². The number of aromatic nitrogens is 5. The van der Waals surface area contributed by atoms with E-state index >= 15 is 0 Å². The van der Waals surface area contributed by atoms with Crippen LogP contribution in [0.5, 0.6) is 0 Å². The first kappa shape index (κ1) is 30.2. The van der Waals surface area contributed by atoms with Crippen LogP contribution in [-0.4, -0.2) is 38.3 Å². The van der Waals surface area contributed by atoms with Crippen LogP contribution < -0.4 is 9.80 Å². The van der Waals surface area contributed by atoms with Gasteiger partial charge in [-0.25, -0.2) is 4.98 Å². The van der Waals surface area contributed by atoms with Crippen LogP contribution in [0.25, 0.3) is 21.7 Å². The Kier molecular flexibility index (Phi) is 7.51. The maximum absolute atomic E-state index is 13.7. The van der Waals surface area contributed by atoms with Gasteiger partial charge in [0.15, 0.2) is 0 Å². The number of hydrogen-bond donors (Lipinski definition) is 0. The van der Waals surface area contributed by atoms with E-state index in [1.54, 1.807) is 11.9 Å². The number of aryl methyl sites for hydroxylation is 1. The third-order valence-corrected chi connectivity index (χ3v) is 8.58. The summed E-state index contributed by atoms with van der Waals surface area (Å²) in [5.41, 5.74) is -1.30. The molecule has 0 saturated heterocycles. The third-order valence-electron chi connectivity index (χ3n) is 8.58. The maximum atomic E-state index is 13.7. The fourth-order valence-electron chi connectivity index (χ4n) is 5.94. The molecular formula is C33H31F6N7. The van der Waals surface area contributed by atoms with E-state index < -0.39 is 23.5 Å². The summed E-state index contributed by atoms with van der Waals surface area (Å²) in [6.07, 6.45) is -5.37. The van der Waals surface area contributed by atoms with Gasteiger partial charge in [-0.3, -0.25) is 0 Å². The number of benzene rings is 3. The van der Waals surface area contributed by atoms with Gasteiger partial charge in [-0.2, -0.15) is 31.1 Å². The summed E-state index contributed by atoms with van der Waals surface area (Å²) in [6, 6.07) is 15.6. The molecule has 2 saturated carbocycles. The van der Waals surface area contributed by atoms with E-state index in [1.807, 2.05) is 42.5 Å². The number of nitrogens with zero attached hydrogens (tertiary/aromatic N) is 7. The fourth-order valence-corrected chi connectivity index (χ4v) is 5.94. The molecule has 0 spiro atoms. The summed E-state index contributed by atoms with van der Waals surface area (Å²) in [5, 5.41) is 15.2. The highest BCUT2D eigenvalue weighted by Gasteiger charge is 2.37. The van der Waals surface area contributed by atoms with Gasteiger partial charge in [0.25, 0.3) is 5.95 Å². The van der Waals surface area contributed by atoms with Crippen molar-refractivity contribution in [2.24, 2.45) is 18.9 Å². The van der Waals surface area contributed by atoms with Crippen molar-refractivity contribution in [1.82, 2.24) is 25.2 Å². The first-order chi connectivity index (χ1) is 21.9. The number of tetrazole rings is 1. The SMILES string of the molecule is Cn1nnc(N(Cc2cc(C(F)(F)F)cc(C(F)(F)F)c2)Cc2cc3ccc4ccccc4c3nc2N(CC2CC2)CC2CC2)n1. The third kappa shape index (κ3) is 6.59. The highest BCUT2D eigenvalue weighted by Crippen LogP contribution is 2.39. The van der Waals surface area contributed by atoms with Gasteiger partial charge in [-0.1, -0.05) is 41.5 Å². The van der Waals surface area contributed by atoms with Crippen molar-refractivity contribution in [3.8, 4) is 0 Å². The van der Waals surface area contributed by atoms with Crippen LogP contribution in [0.3, 0.4) is 0 Å². The van der Waals surface area contributed by atoms with E-state index in [-0.39, 0.29) is 30.7 Å². The van der Waals surface area contributed by atoms with Crippen molar-refractivity contribution < 1.29 is 26.3 Å². The van der Waals surface area contributed by atoms with Crippen LogP contribution in [0.2, 0.25) is 0 Å². The summed E-state index contributed by atoms with van der Waals surface area (Å²) in [4.78, 5) is 10.3. The zero-order valence-corrected chi connectivity index (χ0v) is 25.0. The predicted octanol–water partition coefficient (Wildman–Crippen LogP) is 7.78. The Bertz CT molecular complexity index is 1850. The number of pyridine rings is 1. The van der Waals surface area contributed by atoms with Gasteiger partial charge < -0.3 is 9.80 Å². The number of halogens is 6. The van der Waals surface area contributed by atoms with Crippen molar-refractivity contribution >= 4 is 33.4 Å². The molecule has 0 unspecified atom stereocenters. The summed E-state index contributed by atoms with van der Waals surface area (Å²) < 4.78 is 82.4. The Morgan fingerprint density at radius 1 is 0.761 bits per heavy atom. The number of anilines is 2. The molecule has 7 rings (SSSR count). The van der Waals surface area contributed by atoms with Crippen molar-refractivity contribution in [3.05, 3.63) is 82.9 Å². The second-order valence-electron chi connectivity index (χ2n) is 12.5. The number of hydrogen-bond acceptors (Lipinski definition) is 6. The Hall–Kier alpha value is -4.42. The molecule has 240 valence electrons. The summed E-state index contributed by atoms with van der Waals surface area (Å²) in [7, 11) is 1.54. The molecule has 2 fully saturated rings. The van der Waals surface area contributed by atoms with Gasteiger partial charge in [0.05, 0.1) is 23.7 Å². The average molecular weight is 640 g/mol. The summed E-state index contributed by atoms with van der Waals surface area (Å²) >= 11 is 0. The van der Waals surface area contributed by atoms with Crippen molar-refractivity contribution in [3.63, 3.8) is 0 Å². The Morgan fingerprint density at radius 2 is 1.39 bits per heavy atom. The van der Waals surface area contributed by atoms with Crippen LogP contribution in [0.15, 0.2) is 60.7 Å². The molecule has 0 radical (unpaired) electrons. The minimum atomic E-state index is -4.96. The molecule has 7 nitrogen and oxygen atoms in total. The minimum absolute atomic E-state index is 0.0777. The van der Waals surface area contributed by atoms with Crippen LogP contribution in [0.1, 0.15) is 47.9 Å². The second kappa shape index (κ2) is 11.4. The Labute approximate surface area is 260 Å². The van der Waals surface area contributed by atoms with Gasteiger partial charge in [0.2, 0.25) is 0 Å². The molecule has 0 aliphatic heterocycles. The van der Waals surface area contributed by atoms with E-state index in [2.05, 4.69) is 20.3 Å². The van der Waals surface area contributed by atoms with Gasteiger partial charge in [-0.15, -0.1) is 5.10 Å². The smallest absolute Gasteiger partial charge is 0.356 e. The number of fused-ring (bicyclic) bond motifs is 3. The molecule has 3 aromatic carbocycles. The van der Waals surface area contributed by atoms with Gasteiger partial charge in [0, 0.05) is 42.5 Å². The van der Waals surface area contributed by atoms with E-state index in [4.69, 9.17) is 4.98 Å². The van der Waals surface area contributed by atoms with Crippen molar-refractivity contribution in [2.75, 3.05) is 22.9 Å². The highest BCUT2D eigenvalue weighted by atomic mass is 19.4. The molecular weight excluding hydrogens is 608 g/mol. The lowest BCUT2D eigenvalue weighted by atomic mass is 10.0. The van der Waals surface area contributed by atoms with Crippen LogP contribution in [0.4, 0.5) is 38.1 Å². The largest absolute Gasteiger partial charge is 0.416 e. The zero-order chi connectivity index (χ0) is 32.2. The topological polar surface area (TPSA) is 63.0 Å². The maximum Gasteiger partial charge on any atom is 0.416 e. The molecule has 2 aliphatic carbocycles. The molecule has 0 bridgehead atoms. The molecule has 2 aliphatic rings. The van der Waals surface area contributed by atoms with Crippen LogP contribution in [-0.2, 0) is 32.5 Å². The van der Waals surface area contributed by atoms with Gasteiger partial charge >= 0.3 is 12.4 Å². The molecule has 0 amide bonds. The first-order valence-corrected chi connectivity index (χ1v) is 15.2. The molecule has 13 heteroatoms. The Morgan fingerprint density at radius 3 is 1.98 bits per heavy atom. The lowest BCUT2D eigenvalue weighted by Gasteiger charge is -2.29. The van der Waals surface area contributed by atoms with Crippen molar-refractivity contribution in [2.45, 2.75) is 51.1 Å². The van der Waals surface area contributed by atoms with E-state index in [1.165, 1.54) is 4.80 Å². The Balaban J connectivity index is 1.35. The zero-order valence-electron chi connectivity index (χ0n) is 25.0. The first-order valence-electron chi connectivity index (χ1n) is 15.2. The number of rotatable bonds is 10. The predicted molar refractivity (Wildman–Crippen MR) is 162 cm³/mol. The summed E-state index contributed by atoms with van der Waals surface area (Å²) in [6.45, 7) is 1.43. The molecule has 0 N–H and O–H groups in total. The fraction of sp³-hybridized carbons (Fsp3) is 0.394. The lowest BCUT2D eigenvalue weighted by molar-refractivity contribution is -0.143. The molecule has 2 heterocycles. The molecule has 2 aromatic heterocycles. The normalized spacial score (nSPS) is 15.5. The molecule has 46 heavy (non-hydrogen) atoms. The summed E-state index contributed by atoms with van der Waals surface area (Å²) in [5.74, 6) is 1.95. The minimum Gasteiger partial charge on any atom is -0.356 e. The van der Waals surface area contributed by atoms with E-state index in [0.717, 1.165) is 84.0 Å². The lowest BCUT2D eigenvalue weighted by Crippen LogP contribution is -2.32. The van der Waals surface area contributed by atoms with Gasteiger partial charge in [-0.05, 0) is 77.9 Å². The standard InChI is InChI=1S/C33H31F6N7/c1-44-42-31(41-43-44)46(18-22-12-26(32(34,35)36)15-27(13-22)33(37,38)39)19-25-14-24-11-10-23-4-2-3-5-28(23)29(24)40-30(25)45(16-20-6-7-20)17-21-8-9-21/h2-5,10-15,20-21H,6-9,16-19H2,1H3. The molecule has 0 atom stereocenters. The quantitative estimate of drug-likeness (QED) is 0.115. The van der Waals surface area contributed by atoms with Crippen LogP contribution >= 0.6 is 0 Å². The van der Waals surface area contributed by atoms with Crippen LogP contribution in [0, 0.1) is 11.8 Å². The van der Waals surface area contributed by atoms with E-state index in [9.17, 15) is 26.3 Å². The monoisotopic (exact) mass is 639 g/mol. The number of alkyl halides is 6. The molecule has 5 aromatic rings. The highest BCUT2D eigenvalue weighted by molar-refractivity contribution is 6.05. The average Bonchev–Trinajstić information content (AvgIpc) is 3.95. The van der Waals surface area contributed by atoms with E-state index in [0.29, 0.717) is 11.8 Å².